The molecule has 1 fully saturated rings. The lowest BCUT2D eigenvalue weighted by Crippen LogP contribution is -2.36. The van der Waals surface area contributed by atoms with E-state index in [0.717, 1.165) is 12.8 Å². The number of hydrogen-bond donors (Lipinski definition) is 0. The van der Waals surface area contributed by atoms with Crippen molar-refractivity contribution in [2.75, 3.05) is 20.3 Å². The van der Waals surface area contributed by atoms with Crippen LogP contribution in [-0.2, 0) is 21.4 Å². The number of thiophene rings is 1. The summed E-state index contributed by atoms with van der Waals surface area (Å²) in [5.41, 5.74) is 0.674. The van der Waals surface area contributed by atoms with Gasteiger partial charge in [-0.3, -0.25) is 4.79 Å². The first-order valence-corrected chi connectivity index (χ1v) is 13.8. The molecule has 0 N–H and O–H groups in total. The molecule has 35 heavy (non-hydrogen) atoms. The van der Waals surface area contributed by atoms with E-state index >= 15 is 0 Å². The van der Waals surface area contributed by atoms with E-state index in [1.165, 1.54) is 36.6 Å². The molecule has 1 atom stereocenters. The predicted octanol–water partition coefficient (Wildman–Crippen LogP) is 5.65. The molecule has 0 spiro atoms. The van der Waals surface area contributed by atoms with Crippen LogP contribution in [0.15, 0.2) is 58.8 Å². The zero-order valence-corrected chi connectivity index (χ0v) is 21.9. The van der Waals surface area contributed by atoms with Gasteiger partial charge in [0.1, 0.15) is 4.90 Å². The Labute approximate surface area is 218 Å². The maximum atomic E-state index is 13.2. The lowest BCUT2D eigenvalue weighted by atomic mass is 10.1. The number of amides is 1. The Kier molecular flexibility index (Phi) is 8.23. The molecule has 4 rings (SSSR count). The smallest absolute Gasteiger partial charge is 0.339 e. The minimum Gasteiger partial charge on any atom is -0.493 e. The molecule has 0 aliphatic carbocycles. The van der Waals surface area contributed by atoms with Crippen molar-refractivity contribution >= 4 is 50.6 Å². The number of nitrogens with zero attached hydrogens (tertiary/aromatic N) is 1. The molecule has 1 amide bonds. The molecular formula is C24H23Cl2NO6S2. The Morgan fingerprint density at radius 3 is 2.63 bits per heavy atom. The van der Waals surface area contributed by atoms with Gasteiger partial charge in [0, 0.05) is 19.7 Å². The molecule has 7 nitrogen and oxygen atoms in total. The van der Waals surface area contributed by atoms with Gasteiger partial charge in [0.05, 0.1) is 28.1 Å². The standard InChI is InChI=1S/C24H23Cl2NO6S2/c1-31-21-9-6-16(12-22(21)33-35(29,30)18-7-8-19(25)20(26)13-18)14-27(15-17-4-2-10-32-17)24(28)23-5-3-11-34-23/h3,5-9,11-13,17H,2,4,10,14-15H2,1H3. The molecule has 0 radical (unpaired) electrons. The molecule has 1 aromatic heterocycles. The lowest BCUT2D eigenvalue weighted by molar-refractivity contribution is 0.0511. The summed E-state index contributed by atoms with van der Waals surface area (Å²) in [7, 11) is -2.81. The topological polar surface area (TPSA) is 82.1 Å². The van der Waals surface area contributed by atoms with Gasteiger partial charge in [0.2, 0.25) is 0 Å². The van der Waals surface area contributed by atoms with Crippen molar-refractivity contribution in [2.45, 2.75) is 30.4 Å². The van der Waals surface area contributed by atoms with E-state index in [0.29, 0.717) is 23.6 Å². The number of ether oxygens (including phenoxy) is 2. The SMILES string of the molecule is COc1ccc(CN(CC2CCCO2)C(=O)c2cccs2)cc1OS(=O)(=O)c1ccc(Cl)c(Cl)c1. The quantitative estimate of drug-likeness (QED) is 0.317. The number of rotatable bonds is 9. The van der Waals surface area contributed by atoms with Crippen LogP contribution in [0.5, 0.6) is 11.5 Å². The van der Waals surface area contributed by atoms with Gasteiger partial charge < -0.3 is 18.6 Å². The van der Waals surface area contributed by atoms with Crippen LogP contribution < -0.4 is 8.92 Å². The highest BCUT2D eigenvalue weighted by Gasteiger charge is 2.25. The fourth-order valence-electron chi connectivity index (χ4n) is 3.71. The third kappa shape index (κ3) is 6.29. The highest BCUT2D eigenvalue weighted by Crippen LogP contribution is 2.33. The molecular weight excluding hydrogens is 533 g/mol. The van der Waals surface area contributed by atoms with Gasteiger partial charge >= 0.3 is 10.1 Å². The Morgan fingerprint density at radius 1 is 1.14 bits per heavy atom. The van der Waals surface area contributed by atoms with Gasteiger partial charge in [-0.15, -0.1) is 11.3 Å². The number of methoxy groups -OCH3 is 1. The minimum atomic E-state index is -4.22. The van der Waals surface area contributed by atoms with Crippen molar-refractivity contribution in [3.05, 3.63) is 74.4 Å². The maximum Gasteiger partial charge on any atom is 0.339 e. The van der Waals surface area contributed by atoms with Crippen LogP contribution in [0.1, 0.15) is 28.1 Å². The van der Waals surface area contributed by atoms with Gasteiger partial charge in [0.25, 0.3) is 5.91 Å². The molecule has 1 saturated heterocycles. The number of halogens is 2. The molecule has 3 aromatic rings. The van der Waals surface area contributed by atoms with Crippen LogP contribution >= 0.6 is 34.5 Å². The summed E-state index contributed by atoms with van der Waals surface area (Å²) in [6, 6.07) is 12.4. The van der Waals surface area contributed by atoms with E-state index in [1.54, 1.807) is 29.2 Å². The van der Waals surface area contributed by atoms with Gasteiger partial charge in [-0.1, -0.05) is 35.3 Å². The summed E-state index contributed by atoms with van der Waals surface area (Å²) >= 11 is 13.3. The van der Waals surface area contributed by atoms with Crippen LogP contribution in [0.3, 0.4) is 0 Å². The molecule has 2 aromatic carbocycles. The third-order valence-corrected chi connectivity index (χ3v) is 8.28. The van der Waals surface area contributed by atoms with Crippen LogP contribution in [0, 0.1) is 0 Å². The number of benzene rings is 2. The highest BCUT2D eigenvalue weighted by atomic mass is 35.5. The van der Waals surface area contributed by atoms with Gasteiger partial charge in [-0.25, -0.2) is 0 Å². The Bertz CT molecular complexity index is 1290. The molecule has 2 heterocycles. The fourth-order valence-corrected chi connectivity index (χ4v) is 5.73. The van der Waals surface area contributed by atoms with E-state index in [-0.39, 0.29) is 45.0 Å². The number of carbonyl (C=O) groups excluding carboxylic acids is 1. The molecule has 1 aliphatic heterocycles. The molecule has 1 unspecified atom stereocenters. The van der Waals surface area contributed by atoms with Crippen molar-refractivity contribution < 1.29 is 26.9 Å². The lowest BCUT2D eigenvalue weighted by Gasteiger charge is -2.25. The summed E-state index contributed by atoms with van der Waals surface area (Å²) in [6.07, 6.45) is 1.80. The van der Waals surface area contributed by atoms with Crippen molar-refractivity contribution in [3.63, 3.8) is 0 Å². The van der Waals surface area contributed by atoms with E-state index in [4.69, 9.17) is 36.9 Å². The molecule has 186 valence electrons. The molecule has 0 bridgehead atoms. The van der Waals surface area contributed by atoms with Gasteiger partial charge in [-0.05, 0) is 60.2 Å². The normalized spacial score (nSPS) is 15.7. The molecule has 0 saturated carbocycles. The second kappa shape index (κ2) is 11.2. The predicted molar refractivity (Wildman–Crippen MR) is 135 cm³/mol. The van der Waals surface area contributed by atoms with Crippen molar-refractivity contribution in [2.24, 2.45) is 0 Å². The van der Waals surface area contributed by atoms with Crippen molar-refractivity contribution in [1.82, 2.24) is 4.90 Å². The van der Waals surface area contributed by atoms with Gasteiger partial charge in [0.15, 0.2) is 11.5 Å². The number of carbonyl (C=O) groups is 1. The average molecular weight is 556 g/mol. The minimum absolute atomic E-state index is 0.00304. The first kappa shape index (κ1) is 25.8. The zero-order valence-electron chi connectivity index (χ0n) is 18.8. The summed E-state index contributed by atoms with van der Waals surface area (Å²) in [5.74, 6) is 0.113. The Morgan fingerprint density at radius 2 is 1.97 bits per heavy atom. The third-order valence-electron chi connectivity index (χ3n) is 5.45. The summed E-state index contributed by atoms with van der Waals surface area (Å²) in [6.45, 7) is 1.35. The first-order chi connectivity index (χ1) is 16.8. The average Bonchev–Trinajstić information content (AvgIpc) is 3.54. The maximum absolute atomic E-state index is 13.2. The van der Waals surface area contributed by atoms with Gasteiger partial charge in [-0.2, -0.15) is 8.42 Å². The summed E-state index contributed by atoms with van der Waals surface area (Å²) in [5, 5.41) is 2.17. The van der Waals surface area contributed by atoms with Crippen LogP contribution in [0.4, 0.5) is 0 Å². The summed E-state index contributed by atoms with van der Waals surface area (Å²) < 4.78 is 42.3. The van der Waals surface area contributed by atoms with Crippen LogP contribution in [-0.4, -0.2) is 45.6 Å². The monoisotopic (exact) mass is 555 g/mol. The second-order valence-electron chi connectivity index (χ2n) is 7.90. The van der Waals surface area contributed by atoms with E-state index in [1.807, 2.05) is 11.4 Å². The van der Waals surface area contributed by atoms with Crippen LogP contribution in [0.2, 0.25) is 10.0 Å². The molecule has 1 aliphatic rings. The summed E-state index contributed by atoms with van der Waals surface area (Å²) in [4.78, 5) is 15.4. The number of hydrogen-bond acceptors (Lipinski definition) is 7. The van der Waals surface area contributed by atoms with E-state index in [2.05, 4.69) is 0 Å². The van der Waals surface area contributed by atoms with E-state index in [9.17, 15) is 13.2 Å². The zero-order chi connectivity index (χ0) is 25.0. The second-order valence-corrected chi connectivity index (χ2v) is 11.2. The molecule has 11 heteroatoms. The van der Waals surface area contributed by atoms with E-state index < -0.39 is 10.1 Å². The highest BCUT2D eigenvalue weighted by molar-refractivity contribution is 7.87. The Hall–Kier alpha value is -2.30. The first-order valence-electron chi connectivity index (χ1n) is 10.8. The largest absolute Gasteiger partial charge is 0.493 e. The Balaban J connectivity index is 1.60. The van der Waals surface area contributed by atoms with Crippen molar-refractivity contribution in [3.8, 4) is 11.5 Å². The fraction of sp³-hybridized carbons (Fsp3) is 0.292. The van der Waals surface area contributed by atoms with Crippen LogP contribution in [0.25, 0.3) is 0 Å². The van der Waals surface area contributed by atoms with Crippen molar-refractivity contribution in [1.29, 1.82) is 0 Å².